The minimum Gasteiger partial charge on any atom is -0.295 e. The Hall–Kier alpha value is -0.440. The van der Waals surface area contributed by atoms with E-state index in [1.165, 1.54) is 0 Å². The third kappa shape index (κ3) is 0.758. The molecular weight excluding hydrogens is 150 g/mol. The van der Waals surface area contributed by atoms with Gasteiger partial charge < -0.3 is 0 Å². The normalized spacial score (nSPS) is 22.2. The summed E-state index contributed by atoms with van der Waals surface area (Å²) < 4.78 is 24.0. The second-order valence-electron chi connectivity index (χ2n) is 1.82. The van der Waals surface area contributed by atoms with Gasteiger partial charge >= 0.3 is 5.92 Å². The van der Waals surface area contributed by atoms with Crippen LogP contribution in [0.1, 0.15) is 6.92 Å². The summed E-state index contributed by atoms with van der Waals surface area (Å²) in [7, 11) is 0. The van der Waals surface area contributed by atoms with Crippen molar-refractivity contribution in [3.63, 3.8) is 0 Å². The Balaban J connectivity index is 2.79. The van der Waals surface area contributed by atoms with Crippen molar-refractivity contribution < 1.29 is 13.6 Å². The van der Waals surface area contributed by atoms with Crippen molar-refractivity contribution in [3.05, 3.63) is 10.6 Å². The fourth-order valence-electron chi connectivity index (χ4n) is 0.584. The van der Waals surface area contributed by atoms with Gasteiger partial charge in [0.2, 0.25) is 0 Å². The molecule has 0 aliphatic heterocycles. The summed E-state index contributed by atoms with van der Waals surface area (Å²) in [6, 6.07) is 0. The van der Waals surface area contributed by atoms with E-state index in [9.17, 15) is 13.6 Å². The maximum atomic E-state index is 12.0. The van der Waals surface area contributed by atoms with E-state index in [-0.39, 0.29) is 0 Å². The predicted octanol–water partition coefficient (Wildman–Crippen LogP) is 1.72. The number of allylic oxidation sites excluding steroid dienone is 2. The van der Waals surface area contributed by atoms with Crippen LogP contribution < -0.4 is 0 Å². The Kier molecular flexibility index (Phi) is 1.14. The predicted molar refractivity (Wildman–Crippen MR) is 28.5 cm³/mol. The zero-order valence-electron chi connectivity index (χ0n) is 4.54. The highest BCUT2D eigenvalue weighted by atomic mass is 35.5. The number of Topliss-reactive ketones (excluding diaryl/α,β-unsaturated/α-hetero) is 1. The molecule has 0 saturated carbocycles. The van der Waals surface area contributed by atoms with E-state index in [4.69, 9.17) is 11.6 Å². The van der Waals surface area contributed by atoms with Gasteiger partial charge in [-0.1, -0.05) is 11.6 Å². The van der Waals surface area contributed by atoms with Crippen molar-refractivity contribution in [3.8, 4) is 0 Å². The first-order valence-electron chi connectivity index (χ1n) is 2.27. The van der Waals surface area contributed by atoms with Crippen LogP contribution in [0.5, 0.6) is 0 Å². The first kappa shape index (κ1) is 6.68. The van der Waals surface area contributed by atoms with E-state index in [2.05, 4.69) is 0 Å². The van der Waals surface area contributed by atoms with Crippen LogP contribution in [-0.4, -0.2) is 11.7 Å². The molecule has 0 N–H and O–H groups in total. The van der Waals surface area contributed by atoms with Crippen molar-refractivity contribution in [1.82, 2.24) is 0 Å². The highest BCUT2D eigenvalue weighted by Gasteiger charge is 2.57. The topological polar surface area (TPSA) is 17.1 Å². The minimum absolute atomic E-state index is 0.538. The van der Waals surface area contributed by atoms with Crippen LogP contribution >= 0.6 is 11.6 Å². The van der Waals surface area contributed by atoms with E-state index in [1.54, 1.807) is 0 Å². The third-order valence-electron chi connectivity index (χ3n) is 1.10. The van der Waals surface area contributed by atoms with Gasteiger partial charge in [-0.15, -0.1) is 0 Å². The van der Waals surface area contributed by atoms with Gasteiger partial charge in [0.1, 0.15) is 5.03 Å². The Morgan fingerprint density at radius 1 is 1.67 bits per heavy atom. The zero-order valence-corrected chi connectivity index (χ0v) is 5.30. The first-order valence-corrected chi connectivity index (χ1v) is 2.65. The lowest BCUT2D eigenvalue weighted by Gasteiger charge is -1.89. The fraction of sp³-hybridized carbons (Fsp3) is 0.400. The minimum atomic E-state index is -3.10. The van der Waals surface area contributed by atoms with Gasteiger partial charge in [-0.3, -0.25) is 4.79 Å². The highest BCUT2D eigenvalue weighted by Crippen LogP contribution is 2.51. The van der Waals surface area contributed by atoms with Crippen molar-refractivity contribution in [2.75, 3.05) is 0 Å². The number of halogens is 3. The van der Waals surface area contributed by atoms with Gasteiger partial charge in [0.05, 0.1) is 5.57 Å². The van der Waals surface area contributed by atoms with Crippen LogP contribution in [-0.2, 0) is 4.79 Å². The number of ketones is 1. The molecule has 0 heterocycles. The van der Waals surface area contributed by atoms with Crippen molar-refractivity contribution in [1.29, 1.82) is 0 Å². The summed E-state index contributed by atoms with van der Waals surface area (Å²) in [5, 5.41) is -0.602. The Labute approximate surface area is 55.3 Å². The Bertz CT molecular complexity index is 207. The summed E-state index contributed by atoms with van der Waals surface area (Å²) in [5.41, 5.74) is -0.538. The number of alkyl halides is 2. The molecule has 0 aromatic rings. The summed E-state index contributed by atoms with van der Waals surface area (Å²) in [5.74, 6) is -3.75. The fourth-order valence-corrected chi connectivity index (χ4v) is 0.883. The molecule has 1 rings (SSSR count). The number of hydrogen-bond donors (Lipinski definition) is 0. The van der Waals surface area contributed by atoms with E-state index < -0.39 is 22.3 Å². The molecule has 50 valence electrons. The van der Waals surface area contributed by atoms with Gasteiger partial charge in [-0.05, 0) is 6.92 Å². The molecule has 0 spiro atoms. The van der Waals surface area contributed by atoms with Crippen molar-refractivity contribution in [2.24, 2.45) is 0 Å². The molecule has 1 aliphatic rings. The van der Waals surface area contributed by atoms with Crippen LogP contribution in [0.2, 0.25) is 0 Å². The number of hydrogen-bond acceptors (Lipinski definition) is 1. The smallest absolute Gasteiger partial charge is 0.295 e. The molecule has 0 atom stereocenters. The number of carbonyl (C=O) groups is 1. The molecule has 0 unspecified atom stereocenters. The Morgan fingerprint density at radius 2 is 2.00 bits per heavy atom. The monoisotopic (exact) mass is 152 g/mol. The molecule has 0 aromatic heterocycles. The summed E-state index contributed by atoms with van der Waals surface area (Å²) in [4.78, 5) is 10.2. The van der Waals surface area contributed by atoms with Crippen molar-refractivity contribution in [2.45, 2.75) is 12.8 Å². The average molecular weight is 153 g/mol. The Morgan fingerprint density at radius 3 is 2.00 bits per heavy atom. The lowest BCUT2D eigenvalue weighted by Crippen LogP contribution is -2.01. The number of rotatable bonds is 1. The molecule has 0 amide bonds. The van der Waals surface area contributed by atoms with Crippen LogP contribution in [0, 0.1) is 0 Å². The highest BCUT2D eigenvalue weighted by molar-refractivity contribution is 6.38. The molecule has 0 radical (unpaired) electrons. The van der Waals surface area contributed by atoms with Gasteiger partial charge in [0.15, 0.2) is 5.78 Å². The largest absolute Gasteiger partial charge is 0.314 e. The standard InChI is InChI=1S/C5H3ClF2O/c1-2(9)3-4(6)5(3,7)8/h1H3. The molecular formula is C5H3ClF2O. The van der Waals surface area contributed by atoms with E-state index in [0.29, 0.717) is 0 Å². The maximum Gasteiger partial charge on any atom is 0.314 e. The lowest BCUT2D eigenvalue weighted by molar-refractivity contribution is -0.114. The van der Waals surface area contributed by atoms with Gasteiger partial charge in [-0.25, -0.2) is 0 Å². The number of carbonyl (C=O) groups excluding carboxylic acids is 1. The first-order chi connectivity index (χ1) is 3.98. The van der Waals surface area contributed by atoms with E-state index in [1.807, 2.05) is 0 Å². The second kappa shape index (κ2) is 1.53. The molecule has 4 heteroatoms. The van der Waals surface area contributed by atoms with Crippen LogP contribution in [0.3, 0.4) is 0 Å². The summed E-state index contributed by atoms with van der Waals surface area (Å²) in [6.45, 7) is 1.07. The van der Waals surface area contributed by atoms with Crippen molar-refractivity contribution >= 4 is 17.4 Å². The van der Waals surface area contributed by atoms with Gasteiger partial charge in [-0.2, -0.15) is 8.78 Å². The lowest BCUT2D eigenvalue weighted by atomic mass is 10.3. The van der Waals surface area contributed by atoms with Gasteiger partial charge in [0.25, 0.3) is 0 Å². The van der Waals surface area contributed by atoms with Crippen LogP contribution in [0.4, 0.5) is 8.78 Å². The summed E-state index contributed by atoms with van der Waals surface area (Å²) in [6.07, 6.45) is 0. The van der Waals surface area contributed by atoms with E-state index in [0.717, 1.165) is 6.92 Å². The summed E-state index contributed by atoms with van der Waals surface area (Å²) >= 11 is 4.95. The molecule has 0 saturated heterocycles. The maximum absolute atomic E-state index is 12.0. The molecule has 0 bridgehead atoms. The SMILES string of the molecule is CC(=O)C1=C(Cl)C1(F)F. The molecule has 0 aromatic carbocycles. The molecule has 1 aliphatic carbocycles. The second-order valence-corrected chi connectivity index (χ2v) is 2.20. The molecule has 1 nitrogen and oxygen atoms in total. The van der Waals surface area contributed by atoms with Crippen LogP contribution in [0.25, 0.3) is 0 Å². The molecule has 0 fully saturated rings. The molecule has 9 heavy (non-hydrogen) atoms. The quantitative estimate of drug-likeness (QED) is 0.559. The average Bonchev–Trinajstić information content (AvgIpc) is 2.07. The van der Waals surface area contributed by atoms with E-state index >= 15 is 0 Å². The van der Waals surface area contributed by atoms with Crippen LogP contribution in [0.15, 0.2) is 10.6 Å². The third-order valence-corrected chi connectivity index (χ3v) is 1.53. The van der Waals surface area contributed by atoms with Gasteiger partial charge in [0, 0.05) is 0 Å². The zero-order chi connectivity index (χ0) is 7.23.